The Morgan fingerprint density at radius 3 is 2.88 bits per heavy atom. The molecule has 0 aliphatic carbocycles. The number of aryl methyl sites for hydroxylation is 1. The number of nitrogens with one attached hydrogen (secondary N) is 1. The van der Waals surface area contributed by atoms with E-state index in [4.69, 9.17) is 17.4 Å². The maximum atomic E-state index is 5.92. The molecule has 2 rings (SSSR count). The zero-order valence-corrected chi connectivity index (χ0v) is 9.75. The molecule has 2 aromatic rings. The quantitative estimate of drug-likeness (QED) is 0.635. The van der Waals surface area contributed by atoms with Crippen LogP contribution >= 0.6 is 11.6 Å². The molecule has 84 valence electrons. The Hall–Kier alpha value is -1.39. The second kappa shape index (κ2) is 4.63. The van der Waals surface area contributed by atoms with E-state index in [1.807, 2.05) is 18.2 Å². The van der Waals surface area contributed by atoms with Gasteiger partial charge in [-0.15, -0.1) is 0 Å². The summed E-state index contributed by atoms with van der Waals surface area (Å²) in [6.07, 6.45) is 1.84. The Bertz CT molecular complexity index is 513. The van der Waals surface area contributed by atoms with Crippen molar-refractivity contribution in [2.45, 2.75) is 19.8 Å². The summed E-state index contributed by atoms with van der Waals surface area (Å²) in [5.41, 5.74) is 3.44. The SMILES string of the molecule is CCCc1nc(NN)c2cc(Cl)ccc2n1. The lowest BCUT2D eigenvalue weighted by atomic mass is 10.2. The number of benzene rings is 1. The van der Waals surface area contributed by atoms with Crippen LogP contribution in [0.15, 0.2) is 18.2 Å². The molecule has 0 fully saturated rings. The smallest absolute Gasteiger partial charge is 0.151 e. The highest BCUT2D eigenvalue weighted by atomic mass is 35.5. The average Bonchev–Trinajstić information content (AvgIpc) is 2.29. The highest BCUT2D eigenvalue weighted by molar-refractivity contribution is 6.31. The molecule has 0 spiro atoms. The molecule has 5 heteroatoms. The van der Waals surface area contributed by atoms with Gasteiger partial charge in [0.1, 0.15) is 5.82 Å². The third-order valence-electron chi connectivity index (χ3n) is 2.31. The van der Waals surface area contributed by atoms with Gasteiger partial charge in [0.05, 0.1) is 5.52 Å². The first-order valence-electron chi connectivity index (χ1n) is 5.17. The minimum atomic E-state index is 0.621. The molecule has 1 aromatic carbocycles. The molecular formula is C11H13ClN4. The molecule has 0 radical (unpaired) electrons. The molecule has 0 aliphatic rings. The number of rotatable bonds is 3. The third kappa shape index (κ3) is 2.08. The first kappa shape index (κ1) is 11.1. The molecule has 0 amide bonds. The number of hydrazine groups is 1. The van der Waals surface area contributed by atoms with E-state index in [1.165, 1.54) is 0 Å². The lowest BCUT2D eigenvalue weighted by Crippen LogP contribution is -2.11. The number of fused-ring (bicyclic) bond motifs is 1. The number of hydrogen-bond acceptors (Lipinski definition) is 4. The van der Waals surface area contributed by atoms with Crippen molar-refractivity contribution in [3.05, 3.63) is 29.0 Å². The van der Waals surface area contributed by atoms with E-state index in [0.717, 1.165) is 29.6 Å². The molecule has 4 nitrogen and oxygen atoms in total. The van der Waals surface area contributed by atoms with E-state index in [-0.39, 0.29) is 0 Å². The Balaban J connectivity index is 2.63. The number of hydrogen-bond donors (Lipinski definition) is 2. The van der Waals surface area contributed by atoms with E-state index < -0.39 is 0 Å². The van der Waals surface area contributed by atoms with Gasteiger partial charge in [0.15, 0.2) is 5.82 Å². The normalized spacial score (nSPS) is 10.7. The Labute approximate surface area is 98.8 Å². The van der Waals surface area contributed by atoms with Crippen LogP contribution < -0.4 is 11.3 Å². The fraction of sp³-hybridized carbons (Fsp3) is 0.273. The highest BCUT2D eigenvalue weighted by Crippen LogP contribution is 2.23. The number of nitrogens with zero attached hydrogens (tertiary/aromatic N) is 2. The van der Waals surface area contributed by atoms with Gasteiger partial charge < -0.3 is 5.43 Å². The maximum absolute atomic E-state index is 5.92. The topological polar surface area (TPSA) is 63.8 Å². The van der Waals surface area contributed by atoms with Crippen LogP contribution in [0, 0.1) is 0 Å². The summed E-state index contributed by atoms with van der Waals surface area (Å²) in [7, 11) is 0. The van der Waals surface area contributed by atoms with Gasteiger partial charge in [-0.3, -0.25) is 0 Å². The van der Waals surface area contributed by atoms with Gasteiger partial charge in [0, 0.05) is 16.8 Å². The maximum Gasteiger partial charge on any atom is 0.151 e. The second-order valence-corrected chi connectivity index (χ2v) is 3.98. The van der Waals surface area contributed by atoms with Gasteiger partial charge in [-0.1, -0.05) is 18.5 Å². The molecule has 0 aliphatic heterocycles. The number of anilines is 1. The zero-order chi connectivity index (χ0) is 11.5. The van der Waals surface area contributed by atoms with E-state index in [9.17, 15) is 0 Å². The summed E-state index contributed by atoms with van der Waals surface area (Å²) in [6.45, 7) is 2.09. The monoisotopic (exact) mass is 236 g/mol. The number of halogens is 1. The molecular weight excluding hydrogens is 224 g/mol. The first-order valence-corrected chi connectivity index (χ1v) is 5.55. The summed E-state index contributed by atoms with van der Waals surface area (Å²) < 4.78 is 0. The van der Waals surface area contributed by atoms with Gasteiger partial charge in [-0.05, 0) is 24.6 Å². The first-order chi connectivity index (χ1) is 7.74. The molecule has 1 heterocycles. The van der Waals surface area contributed by atoms with Crippen LogP contribution in [0.2, 0.25) is 5.02 Å². The van der Waals surface area contributed by atoms with E-state index in [0.29, 0.717) is 10.8 Å². The summed E-state index contributed by atoms with van der Waals surface area (Å²) in [6, 6.07) is 5.49. The van der Waals surface area contributed by atoms with Crippen LogP contribution in [-0.4, -0.2) is 9.97 Å². The molecule has 0 saturated carbocycles. The molecule has 0 saturated heterocycles. The van der Waals surface area contributed by atoms with Crippen molar-refractivity contribution >= 4 is 28.3 Å². The van der Waals surface area contributed by atoms with Crippen molar-refractivity contribution in [1.29, 1.82) is 0 Å². The Morgan fingerprint density at radius 1 is 1.38 bits per heavy atom. The third-order valence-corrected chi connectivity index (χ3v) is 2.55. The van der Waals surface area contributed by atoms with Crippen LogP contribution in [0.3, 0.4) is 0 Å². The van der Waals surface area contributed by atoms with Gasteiger partial charge in [0.2, 0.25) is 0 Å². The van der Waals surface area contributed by atoms with Gasteiger partial charge in [-0.2, -0.15) is 0 Å². The number of nitrogens with two attached hydrogens (primary N) is 1. The van der Waals surface area contributed by atoms with Crippen molar-refractivity contribution < 1.29 is 0 Å². The predicted octanol–water partition coefficient (Wildman–Crippen LogP) is 2.52. The highest BCUT2D eigenvalue weighted by Gasteiger charge is 2.06. The molecule has 3 N–H and O–H groups in total. The van der Waals surface area contributed by atoms with E-state index >= 15 is 0 Å². The zero-order valence-electron chi connectivity index (χ0n) is 9.00. The Kier molecular flexibility index (Phi) is 3.22. The standard InChI is InChI=1S/C11H13ClN4/c1-2-3-10-14-9-5-4-7(12)6-8(9)11(15-10)16-13/h4-6H,2-3,13H2,1H3,(H,14,15,16). The van der Waals surface area contributed by atoms with E-state index in [1.54, 1.807) is 0 Å². The molecule has 0 unspecified atom stereocenters. The molecule has 0 atom stereocenters. The van der Waals surface area contributed by atoms with Crippen LogP contribution in [0.5, 0.6) is 0 Å². The summed E-state index contributed by atoms with van der Waals surface area (Å²) >= 11 is 5.92. The van der Waals surface area contributed by atoms with Crippen molar-refractivity contribution in [3.63, 3.8) is 0 Å². The summed E-state index contributed by atoms with van der Waals surface area (Å²) in [4.78, 5) is 8.79. The van der Waals surface area contributed by atoms with E-state index in [2.05, 4.69) is 22.3 Å². The number of aromatic nitrogens is 2. The van der Waals surface area contributed by atoms with Gasteiger partial charge in [-0.25, -0.2) is 15.8 Å². The largest absolute Gasteiger partial charge is 0.308 e. The fourth-order valence-corrected chi connectivity index (χ4v) is 1.77. The van der Waals surface area contributed by atoms with Crippen LogP contribution in [0.4, 0.5) is 5.82 Å². The summed E-state index contributed by atoms with van der Waals surface area (Å²) in [5, 5.41) is 1.49. The molecule has 0 bridgehead atoms. The van der Waals surface area contributed by atoms with Gasteiger partial charge in [0.25, 0.3) is 0 Å². The minimum Gasteiger partial charge on any atom is -0.308 e. The second-order valence-electron chi connectivity index (χ2n) is 3.54. The van der Waals surface area contributed by atoms with Crippen molar-refractivity contribution in [2.75, 3.05) is 5.43 Å². The molecule has 16 heavy (non-hydrogen) atoms. The van der Waals surface area contributed by atoms with Crippen molar-refractivity contribution in [3.8, 4) is 0 Å². The predicted molar refractivity (Wildman–Crippen MR) is 66.4 cm³/mol. The molecule has 1 aromatic heterocycles. The average molecular weight is 237 g/mol. The lowest BCUT2D eigenvalue weighted by molar-refractivity contribution is 0.845. The van der Waals surface area contributed by atoms with Crippen molar-refractivity contribution in [1.82, 2.24) is 9.97 Å². The van der Waals surface area contributed by atoms with Gasteiger partial charge >= 0.3 is 0 Å². The van der Waals surface area contributed by atoms with Crippen molar-refractivity contribution in [2.24, 2.45) is 5.84 Å². The summed E-state index contributed by atoms with van der Waals surface area (Å²) in [5.74, 6) is 6.87. The van der Waals surface area contributed by atoms with Crippen LogP contribution in [0.1, 0.15) is 19.2 Å². The lowest BCUT2D eigenvalue weighted by Gasteiger charge is -2.07. The Morgan fingerprint density at radius 2 is 2.19 bits per heavy atom. The minimum absolute atomic E-state index is 0.621. The number of nitrogen functional groups attached to an aromatic ring is 1. The fourth-order valence-electron chi connectivity index (χ4n) is 1.59. The van der Waals surface area contributed by atoms with Crippen LogP contribution in [-0.2, 0) is 6.42 Å². The van der Waals surface area contributed by atoms with Crippen LogP contribution in [0.25, 0.3) is 10.9 Å².